The molecule has 1 aliphatic carbocycles. The van der Waals surface area contributed by atoms with Gasteiger partial charge in [0.05, 0.1) is 17.1 Å². The SMILES string of the molecule is CC(C)(C)OC(=O)N(CC(F)(F)F)c1cc(-c2nc(C(=O)Nc3cn(C4CCC(C)(C(=O)O)CC4)nc3C(N)=O)co2)ccn1. The Morgan fingerprint density at radius 3 is 2.47 bits per heavy atom. The number of carboxylic acid groups (broad SMARTS) is 1. The standard InChI is InChI=1S/C28H32F3N7O7/c1-26(2,3)45-25(43)37(14-28(29,30)31)19-11-15(7-10-33-19)23-35-18(13-44-23)22(40)34-17-12-38(36-20(17)21(32)39)16-5-8-27(4,9-6-16)24(41)42/h7,10-13,16H,5-6,8-9,14H2,1-4H3,(H2,32,39)(H,34,40)(H,41,42). The van der Waals surface area contributed by atoms with E-state index in [0.29, 0.717) is 30.6 Å². The number of alkyl halides is 3. The Labute approximate surface area is 254 Å². The lowest BCUT2D eigenvalue weighted by Gasteiger charge is -2.33. The van der Waals surface area contributed by atoms with Crippen molar-refractivity contribution in [2.75, 3.05) is 16.8 Å². The number of carboxylic acids is 1. The summed E-state index contributed by atoms with van der Waals surface area (Å²) in [5, 5.41) is 16.2. The van der Waals surface area contributed by atoms with Gasteiger partial charge in [-0.15, -0.1) is 0 Å². The van der Waals surface area contributed by atoms with E-state index in [0.717, 1.165) is 18.5 Å². The maximum absolute atomic E-state index is 13.3. The van der Waals surface area contributed by atoms with Crippen molar-refractivity contribution in [2.24, 2.45) is 11.1 Å². The number of rotatable bonds is 8. The number of anilines is 2. The van der Waals surface area contributed by atoms with Gasteiger partial charge in [-0.05, 0) is 65.5 Å². The molecule has 0 spiro atoms. The predicted octanol–water partition coefficient (Wildman–Crippen LogP) is 4.79. The quantitative estimate of drug-likeness (QED) is 0.309. The fourth-order valence-corrected chi connectivity index (χ4v) is 4.70. The number of carbonyl (C=O) groups is 4. The number of halogens is 3. The lowest BCUT2D eigenvalue weighted by Crippen LogP contribution is -2.42. The van der Waals surface area contributed by atoms with Crippen molar-refractivity contribution in [3.8, 4) is 11.5 Å². The molecule has 0 bridgehead atoms. The highest BCUT2D eigenvalue weighted by molar-refractivity contribution is 6.07. The minimum atomic E-state index is -4.77. The molecule has 1 fully saturated rings. The van der Waals surface area contributed by atoms with Gasteiger partial charge in [0, 0.05) is 18.0 Å². The lowest BCUT2D eigenvalue weighted by molar-refractivity contribution is -0.150. The van der Waals surface area contributed by atoms with Gasteiger partial charge in [-0.2, -0.15) is 18.3 Å². The molecule has 3 heterocycles. The van der Waals surface area contributed by atoms with E-state index in [-0.39, 0.29) is 34.6 Å². The number of oxazole rings is 1. The number of hydrogen-bond donors (Lipinski definition) is 3. The fourth-order valence-electron chi connectivity index (χ4n) is 4.70. The van der Waals surface area contributed by atoms with Crippen LogP contribution in [0.4, 0.5) is 29.5 Å². The summed E-state index contributed by atoms with van der Waals surface area (Å²) < 4.78 is 51.9. The van der Waals surface area contributed by atoms with Crippen LogP contribution in [0.15, 0.2) is 35.2 Å². The van der Waals surface area contributed by atoms with E-state index in [1.807, 2.05) is 0 Å². The van der Waals surface area contributed by atoms with Crippen molar-refractivity contribution in [3.05, 3.63) is 42.2 Å². The van der Waals surface area contributed by atoms with Gasteiger partial charge in [0.25, 0.3) is 11.8 Å². The van der Waals surface area contributed by atoms with Crippen LogP contribution in [0.3, 0.4) is 0 Å². The number of carbonyl (C=O) groups excluding carboxylic acids is 3. The summed E-state index contributed by atoms with van der Waals surface area (Å²) in [5.74, 6) is -3.17. The highest BCUT2D eigenvalue weighted by Gasteiger charge is 2.39. The number of nitrogens with two attached hydrogens (primary N) is 1. The van der Waals surface area contributed by atoms with E-state index in [1.165, 1.54) is 37.7 Å². The number of nitrogens with zero attached hydrogens (tertiary/aromatic N) is 5. The molecule has 0 aromatic carbocycles. The van der Waals surface area contributed by atoms with Gasteiger partial charge in [-0.3, -0.25) is 24.0 Å². The second kappa shape index (κ2) is 12.2. The maximum atomic E-state index is 13.3. The number of primary amides is 1. The summed E-state index contributed by atoms with van der Waals surface area (Å²) in [5.41, 5.74) is 3.17. The zero-order valence-electron chi connectivity index (χ0n) is 24.8. The van der Waals surface area contributed by atoms with Crippen LogP contribution in [0.5, 0.6) is 0 Å². The van der Waals surface area contributed by atoms with Crippen molar-refractivity contribution in [3.63, 3.8) is 0 Å². The average Bonchev–Trinajstić information content (AvgIpc) is 3.59. The molecule has 1 aliphatic rings. The summed E-state index contributed by atoms with van der Waals surface area (Å²) in [6.07, 6.45) is -0.739. The van der Waals surface area contributed by atoms with Crippen LogP contribution in [0, 0.1) is 5.41 Å². The Kier molecular flexibility index (Phi) is 8.93. The van der Waals surface area contributed by atoms with Gasteiger partial charge < -0.3 is 25.3 Å². The Bertz CT molecular complexity index is 1600. The number of ether oxygens (including phenoxy) is 1. The number of nitrogens with one attached hydrogen (secondary N) is 1. The summed E-state index contributed by atoms with van der Waals surface area (Å²) in [7, 11) is 0. The third kappa shape index (κ3) is 7.96. The molecule has 45 heavy (non-hydrogen) atoms. The molecule has 0 unspecified atom stereocenters. The minimum Gasteiger partial charge on any atom is -0.481 e. The summed E-state index contributed by atoms with van der Waals surface area (Å²) >= 11 is 0. The smallest absolute Gasteiger partial charge is 0.416 e. The van der Waals surface area contributed by atoms with Crippen LogP contribution in [-0.4, -0.2) is 67.1 Å². The maximum Gasteiger partial charge on any atom is 0.416 e. The Hall–Kier alpha value is -4.96. The summed E-state index contributed by atoms with van der Waals surface area (Å²) in [4.78, 5) is 57.6. The number of aromatic nitrogens is 4. The zero-order chi connectivity index (χ0) is 33.3. The van der Waals surface area contributed by atoms with Crippen LogP contribution in [0.2, 0.25) is 0 Å². The van der Waals surface area contributed by atoms with E-state index in [9.17, 15) is 37.5 Å². The molecule has 0 aliphatic heterocycles. The van der Waals surface area contributed by atoms with Crippen LogP contribution in [-0.2, 0) is 9.53 Å². The normalized spacial score (nSPS) is 18.7. The van der Waals surface area contributed by atoms with Crippen molar-refractivity contribution < 1.29 is 46.6 Å². The van der Waals surface area contributed by atoms with Crippen LogP contribution >= 0.6 is 0 Å². The zero-order valence-corrected chi connectivity index (χ0v) is 24.8. The molecule has 242 valence electrons. The lowest BCUT2D eigenvalue weighted by atomic mass is 9.74. The largest absolute Gasteiger partial charge is 0.481 e. The van der Waals surface area contributed by atoms with Gasteiger partial charge in [0.1, 0.15) is 24.2 Å². The summed E-state index contributed by atoms with van der Waals surface area (Å²) in [6, 6.07) is 2.25. The highest BCUT2D eigenvalue weighted by atomic mass is 19.4. The van der Waals surface area contributed by atoms with Crippen molar-refractivity contribution in [1.29, 1.82) is 0 Å². The Balaban J connectivity index is 1.53. The Morgan fingerprint density at radius 2 is 1.89 bits per heavy atom. The predicted molar refractivity (Wildman–Crippen MR) is 151 cm³/mol. The molecule has 3 amide bonds. The first-order valence-electron chi connectivity index (χ1n) is 13.8. The first kappa shape index (κ1) is 32.9. The molecule has 3 aromatic rings. The third-order valence-electron chi connectivity index (χ3n) is 7.12. The molecule has 4 rings (SSSR count). The molecule has 0 saturated heterocycles. The first-order chi connectivity index (χ1) is 20.8. The van der Waals surface area contributed by atoms with Crippen LogP contribution < -0.4 is 16.0 Å². The van der Waals surface area contributed by atoms with E-state index in [2.05, 4.69) is 20.4 Å². The highest BCUT2D eigenvalue weighted by Crippen LogP contribution is 2.41. The van der Waals surface area contributed by atoms with Crippen molar-refractivity contribution in [2.45, 2.75) is 71.2 Å². The van der Waals surface area contributed by atoms with Crippen LogP contribution in [0.25, 0.3) is 11.5 Å². The number of pyridine rings is 1. The van der Waals surface area contributed by atoms with Gasteiger partial charge in [-0.25, -0.2) is 14.8 Å². The first-order valence-corrected chi connectivity index (χ1v) is 13.8. The molecular weight excluding hydrogens is 603 g/mol. The topological polar surface area (TPSA) is 196 Å². The molecule has 3 aromatic heterocycles. The van der Waals surface area contributed by atoms with E-state index < -0.39 is 53.4 Å². The van der Waals surface area contributed by atoms with E-state index in [4.69, 9.17) is 14.9 Å². The third-order valence-corrected chi connectivity index (χ3v) is 7.12. The molecule has 14 nitrogen and oxygen atoms in total. The molecule has 1 saturated carbocycles. The molecular formula is C28H32F3N7O7. The summed E-state index contributed by atoms with van der Waals surface area (Å²) in [6.45, 7) is 4.51. The van der Waals surface area contributed by atoms with Crippen LogP contribution in [0.1, 0.15) is 80.4 Å². The van der Waals surface area contributed by atoms with Gasteiger partial charge in [0.2, 0.25) is 5.89 Å². The molecule has 0 radical (unpaired) electrons. The Morgan fingerprint density at radius 1 is 1.22 bits per heavy atom. The number of hydrogen-bond acceptors (Lipinski definition) is 9. The average molecular weight is 636 g/mol. The van der Waals surface area contributed by atoms with E-state index >= 15 is 0 Å². The monoisotopic (exact) mass is 635 g/mol. The second-order valence-corrected chi connectivity index (χ2v) is 11.9. The van der Waals surface area contributed by atoms with E-state index in [1.54, 1.807) is 6.92 Å². The molecule has 0 atom stereocenters. The molecule has 17 heteroatoms. The molecule has 4 N–H and O–H groups in total. The number of amides is 3. The number of aliphatic carboxylic acids is 1. The second-order valence-electron chi connectivity index (χ2n) is 11.9. The fraction of sp³-hybridized carbons (Fsp3) is 0.464. The minimum absolute atomic E-state index is 0.00466. The van der Waals surface area contributed by atoms with Crippen molar-refractivity contribution in [1.82, 2.24) is 19.7 Å². The van der Waals surface area contributed by atoms with Gasteiger partial charge in [0.15, 0.2) is 11.4 Å². The van der Waals surface area contributed by atoms with Crippen molar-refractivity contribution >= 4 is 35.4 Å². The van der Waals surface area contributed by atoms with Gasteiger partial charge in [-0.1, -0.05) is 0 Å². The van der Waals surface area contributed by atoms with Gasteiger partial charge >= 0.3 is 18.2 Å².